The van der Waals surface area contributed by atoms with Crippen LogP contribution in [-0.2, 0) is 11.8 Å². The van der Waals surface area contributed by atoms with Gasteiger partial charge >= 0.3 is 0 Å². The first kappa shape index (κ1) is 25.4. The van der Waals surface area contributed by atoms with Crippen molar-refractivity contribution in [2.75, 3.05) is 13.2 Å². The van der Waals surface area contributed by atoms with Crippen LogP contribution in [0.3, 0.4) is 0 Å². The van der Waals surface area contributed by atoms with E-state index in [-0.39, 0.29) is 17.4 Å². The third-order valence-electron chi connectivity index (χ3n) is 6.83. The molecule has 0 aliphatic heterocycles. The number of aliphatic hydroxyl groups is 2. The lowest BCUT2D eigenvalue weighted by Gasteiger charge is -2.34. The molecule has 1 atom stereocenters. The van der Waals surface area contributed by atoms with Crippen LogP contribution in [0.25, 0.3) is 0 Å². The lowest BCUT2D eigenvalue weighted by Crippen LogP contribution is -2.32. The maximum atomic E-state index is 10.3. The van der Waals surface area contributed by atoms with Crippen LogP contribution in [0.1, 0.15) is 81.7 Å². The van der Waals surface area contributed by atoms with E-state index in [0.717, 1.165) is 37.0 Å². The summed E-state index contributed by atoms with van der Waals surface area (Å²) in [6.07, 6.45) is 3.24. The smallest absolute Gasteiger partial charge is 0.122 e. The quantitative estimate of drug-likeness (QED) is 0.481. The molecule has 2 aromatic carbocycles. The van der Waals surface area contributed by atoms with E-state index in [4.69, 9.17) is 9.84 Å². The molecule has 0 saturated carbocycles. The van der Waals surface area contributed by atoms with Gasteiger partial charge in [0.15, 0.2) is 0 Å². The summed E-state index contributed by atoms with van der Waals surface area (Å²) in [5.41, 5.74) is 6.12. The number of rotatable bonds is 10. The minimum absolute atomic E-state index is 0.0471. The second-order valence-corrected chi connectivity index (χ2v) is 9.93. The van der Waals surface area contributed by atoms with Crippen LogP contribution in [0.5, 0.6) is 5.75 Å². The highest BCUT2D eigenvalue weighted by Crippen LogP contribution is 2.41. The molecule has 0 heterocycles. The van der Waals surface area contributed by atoms with Gasteiger partial charge < -0.3 is 14.9 Å². The standard InChI is InChI=1S/C28H42O3/c1-8-28(9-2,23-13-12-22(11-10-16-29)20(3)17-23)24-14-15-25(21(4)18-24)31-19-26(30)27(5,6)7/h12-15,17-18,26,29-30H,8-11,16,19H2,1-7H3. The Balaban J connectivity index is 2.34. The van der Waals surface area contributed by atoms with Crippen molar-refractivity contribution >= 4 is 0 Å². The molecule has 0 aliphatic rings. The molecule has 172 valence electrons. The van der Waals surface area contributed by atoms with Crippen molar-refractivity contribution in [3.8, 4) is 5.75 Å². The van der Waals surface area contributed by atoms with Gasteiger partial charge in [0.25, 0.3) is 0 Å². The Morgan fingerprint density at radius 1 is 0.903 bits per heavy atom. The first-order chi connectivity index (χ1) is 14.6. The molecule has 1 unspecified atom stereocenters. The van der Waals surface area contributed by atoms with Gasteiger partial charge in [0.05, 0.1) is 6.10 Å². The molecule has 2 aromatic rings. The average molecular weight is 427 g/mol. The Bertz CT molecular complexity index is 844. The van der Waals surface area contributed by atoms with Gasteiger partial charge in [-0.1, -0.05) is 65.0 Å². The Hall–Kier alpha value is -1.84. The zero-order valence-electron chi connectivity index (χ0n) is 20.6. The number of ether oxygens (including phenoxy) is 1. The summed E-state index contributed by atoms with van der Waals surface area (Å²) in [7, 11) is 0. The number of benzene rings is 2. The van der Waals surface area contributed by atoms with Gasteiger partial charge in [-0.3, -0.25) is 0 Å². The topological polar surface area (TPSA) is 49.7 Å². The van der Waals surface area contributed by atoms with Crippen molar-refractivity contribution < 1.29 is 14.9 Å². The normalized spacial score (nSPS) is 13.3. The fraction of sp³-hybridized carbons (Fsp3) is 0.571. The van der Waals surface area contributed by atoms with E-state index in [1.807, 2.05) is 20.8 Å². The second kappa shape index (κ2) is 10.7. The van der Waals surface area contributed by atoms with E-state index >= 15 is 0 Å². The summed E-state index contributed by atoms with van der Waals surface area (Å²) < 4.78 is 5.97. The minimum atomic E-state index is -0.510. The maximum Gasteiger partial charge on any atom is 0.122 e. The second-order valence-electron chi connectivity index (χ2n) is 9.93. The monoisotopic (exact) mass is 426 g/mol. The van der Waals surface area contributed by atoms with Crippen molar-refractivity contribution in [2.45, 2.75) is 85.7 Å². The predicted molar refractivity (Wildman–Crippen MR) is 130 cm³/mol. The molecule has 0 radical (unpaired) electrons. The molecule has 0 aromatic heterocycles. The summed E-state index contributed by atoms with van der Waals surface area (Å²) in [5.74, 6) is 0.837. The number of aliphatic hydroxyl groups excluding tert-OH is 2. The summed E-state index contributed by atoms with van der Waals surface area (Å²) in [6.45, 7) is 15.4. The first-order valence-corrected chi connectivity index (χ1v) is 11.7. The fourth-order valence-electron chi connectivity index (χ4n) is 4.30. The Labute approximate surface area is 189 Å². The van der Waals surface area contributed by atoms with Crippen molar-refractivity contribution in [3.63, 3.8) is 0 Å². The van der Waals surface area contributed by atoms with Crippen molar-refractivity contribution in [1.82, 2.24) is 0 Å². The largest absolute Gasteiger partial charge is 0.491 e. The van der Waals surface area contributed by atoms with Crippen LogP contribution in [0.15, 0.2) is 36.4 Å². The number of hydrogen-bond acceptors (Lipinski definition) is 3. The summed E-state index contributed by atoms with van der Waals surface area (Å²) in [6, 6.07) is 13.3. The van der Waals surface area contributed by atoms with Gasteiger partial charge in [0.1, 0.15) is 12.4 Å². The molecule has 2 rings (SSSR count). The van der Waals surface area contributed by atoms with Crippen molar-refractivity contribution in [3.05, 3.63) is 64.2 Å². The Morgan fingerprint density at radius 3 is 1.97 bits per heavy atom. The van der Waals surface area contributed by atoms with E-state index < -0.39 is 6.10 Å². The third-order valence-corrected chi connectivity index (χ3v) is 6.83. The lowest BCUT2D eigenvalue weighted by atomic mass is 9.69. The molecule has 3 nitrogen and oxygen atoms in total. The van der Waals surface area contributed by atoms with Gasteiger partial charge in [-0.2, -0.15) is 0 Å². The van der Waals surface area contributed by atoms with Crippen LogP contribution >= 0.6 is 0 Å². The van der Waals surface area contributed by atoms with Crippen LogP contribution in [0.2, 0.25) is 0 Å². The molecule has 0 fully saturated rings. The molecule has 31 heavy (non-hydrogen) atoms. The predicted octanol–water partition coefficient (Wildman–Crippen LogP) is 6.12. The van der Waals surface area contributed by atoms with Crippen molar-refractivity contribution in [2.24, 2.45) is 5.41 Å². The maximum absolute atomic E-state index is 10.3. The molecule has 0 amide bonds. The van der Waals surface area contributed by atoms with E-state index in [0.29, 0.717) is 6.61 Å². The summed E-state index contributed by atoms with van der Waals surface area (Å²) in [5, 5.41) is 19.5. The van der Waals surface area contributed by atoms with Gasteiger partial charge in [0.2, 0.25) is 0 Å². The molecule has 0 saturated heterocycles. The van der Waals surface area contributed by atoms with Crippen LogP contribution in [0.4, 0.5) is 0 Å². The molecule has 0 bridgehead atoms. The fourth-order valence-corrected chi connectivity index (χ4v) is 4.30. The molecule has 3 heteroatoms. The van der Waals surface area contributed by atoms with E-state index in [1.54, 1.807) is 0 Å². The minimum Gasteiger partial charge on any atom is -0.491 e. The highest BCUT2D eigenvalue weighted by atomic mass is 16.5. The molecule has 0 spiro atoms. The van der Waals surface area contributed by atoms with Gasteiger partial charge in [0, 0.05) is 12.0 Å². The molecular weight excluding hydrogens is 384 g/mol. The summed E-state index contributed by atoms with van der Waals surface area (Å²) in [4.78, 5) is 0. The first-order valence-electron chi connectivity index (χ1n) is 11.7. The lowest BCUT2D eigenvalue weighted by molar-refractivity contribution is 0.0216. The summed E-state index contributed by atoms with van der Waals surface area (Å²) >= 11 is 0. The van der Waals surface area contributed by atoms with Crippen molar-refractivity contribution in [1.29, 1.82) is 0 Å². The number of aryl methyl sites for hydroxylation is 3. The zero-order chi connectivity index (χ0) is 23.2. The highest BCUT2D eigenvalue weighted by molar-refractivity contribution is 5.47. The molecule has 2 N–H and O–H groups in total. The highest BCUT2D eigenvalue weighted by Gasteiger charge is 2.31. The van der Waals surface area contributed by atoms with E-state index in [9.17, 15) is 5.11 Å². The van der Waals surface area contributed by atoms with Crippen LogP contribution < -0.4 is 4.74 Å². The van der Waals surface area contributed by atoms with Crippen LogP contribution in [-0.4, -0.2) is 29.5 Å². The molecule has 0 aliphatic carbocycles. The van der Waals surface area contributed by atoms with Gasteiger partial charge in [-0.05, 0) is 78.8 Å². The zero-order valence-corrected chi connectivity index (χ0v) is 20.6. The Kier molecular flexibility index (Phi) is 8.73. The van der Waals surface area contributed by atoms with Crippen LogP contribution in [0, 0.1) is 19.3 Å². The van der Waals surface area contributed by atoms with E-state index in [1.165, 1.54) is 22.3 Å². The van der Waals surface area contributed by atoms with E-state index in [2.05, 4.69) is 64.1 Å². The van der Waals surface area contributed by atoms with Gasteiger partial charge in [-0.15, -0.1) is 0 Å². The average Bonchev–Trinajstić information content (AvgIpc) is 2.73. The number of hydrogen-bond donors (Lipinski definition) is 2. The molecular formula is C28H42O3. The third kappa shape index (κ3) is 5.90. The van der Waals surface area contributed by atoms with Gasteiger partial charge in [-0.25, -0.2) is 0 Å². The SMILES string of the molecule is CCC(CC)(c1ccc(CCCO)c(C)c1)c1ccc(OCC(O)C(C)(C)C)c(C)c1. The Morgan fingerprint density at radius 2 is 1.48 bits per heavy atom.